The Hall–Kier alpha value is -3.48. The van der Waals surface area contributed by atoms with E-state index in [1.165, 1.54) is 0 Å². The monoisotopic (exact) mass is 502 g/mol. The van der Waals surface area contributed by atoms with Gasteiger partial charge in [0.25, 0.3) is 5.56 Å². The van der Waals surface area contributed by atoms with Crippen molar-refractivity contribution >= 4 is 28.4 Å². The molecule has 36 heavy (non-hydrogen) atoms. The number of benzene rings is 3. The van der Waals surface area contributed by atoms with Crippen molar-refractivity contribution in [3.63, 3.8) is 0 Å². The van der Waals surface area contributed by atoms with Crippen LogP contribution in [0, 0.1) is 5.92 Å². The number of hydrogen-bond donors (Lipinski definition) is 1. The van der Waals surface area contributed by atoms with Crippen LogP contribution >= 0.6 is 11.6 Å². The van der Waals surface area contributed by atoms with Crippen LogP contribution in [0.1, 0.15) is 36.7 Å². The molecule has 0 aliphatic carbocycles. The lowest BCUT2D eigenvalue weighted by molar-refractivity contribution is -0.130. The highest BCUT2D eigenvalue weighted by atomic mass is 35.5. The Morgan fingerprint density at radius 2 is 1.64 bits per heavy atom. The van der Waals surface area contributed by atoms with Crippen molar-refractivity contribution in [2.75, 3.05) is 13.2 Å². The maximum absolute atomic E-state index is 13.7. The minimum atomic E-state index is -0.215. The first kappa shape index (κ1) is 25.6. The molecule has 1 unspecified atom stereocenters. The Labute approximate surface area is 216 Å². The molecule has 3 aromatic carbocycles. The van der Waals surface area contributed by atoms with Gasteiger partial charge < -0.3 is 10.6 Å². The summed E-state index contributed by atoms with van der Waals surface area (Å²) in [5.74, 6) is 0.442. The maximum atomic E-state index is 13.7. The molecule has 4 aromatic rings. The second kappa shape index (κ2) is 11.5. The minimum absolute atomic E-state index is 0.0601. The third kappa shape index (κ3) is 5.83. The van der Waals surface area contributed by atoms with Gasteiger partial charge in [0.15, 0.2) is 0 Å². The van der Waals surface area contributed by atoms with Crippen molar-refractivity contribution in [2.45, 2.75) is 32.7 Å². The van der Waals surface area contributed by atoms with E-state index in [2.05, 4.69) is 13.8 Å². The van der Waals surface area contributed by atoms with Crippen LogP contribution in [0.15, 0.2) is 83.7 Å². The summed E-state index contributed by atoms with van der Waals surface area (Å²) in [6, 6.07) is 24.6. The summed E-state index contributed by atoms with van der Waals surface area (Å²) >= 11 is 6.24. The van der Waals surface area contributed by atoms with E-state index in [1.807, 2.05) is 60.7 Å². The molecule has 4 rings (SSSR count). The van der Waals surface area contributed by atoms with Crippen molar-refractivity contribution < 1.29 is 4.79 Å². The van der Waals surface area contributed by atoms with Crippen LogP contribution in [0.5, 0.6) is 0 Å². The Morgan fingerprint density at radius 1 is 1.00 bits per heavy atom. The van der Waals surface area contributed by atoms with Gasteiger partial charge in [-0.1, -0.05) is 86.1 Å². The molecule has 186 valence electrons. The van der Waals surface area contributed by atoms with E-state index >= 15 is 0 Å². The smallest absolute Gasteiger partial charge is 0.261 e. The van der Waals surface area contributed by atoms with E-state index in [0.29, 0.717) is 34.8 Å². The van der Waals surface area contributed by atoms with Gasteiger partial charge in [0.2, 0.25) is 5.91 Å². The second-order valence-corrected chi connectivity index (χ2v) is 9.76. The van der Waals surface area contributed by atoms with Crippen LogP contribution in [0.4, 0.5) is 0 Å². The van der Waals surface area contributed by atoms with Gasteiger partial charge in [0, 0.05) is 17.5 Å². The SMILES string of the molecule is CC(C)C(CN(CN)C(=O)Cc1ccccc1)c1nc2cc(Cl)ccc2c(=O)n1Cc1ccccc1. The fourth-order valence-electron chi connectivity index (χ4n) is 4.40. The van der Waals surface area contributed by atoms with E-state index in [-0.39, 0.29) is 36.4 Å². The number of nitrogens with zero attached hydrogens (tertiary/aromatic N) is 3. The first-order valence-corrected chi connectivity index (χ1v) is 12.5. The number of fused-ring (bicyclic) bond motifs is 1. The van der Waals surface area contributed by atoms with Crippen LogP contribution in [0.25, 0.3) is 10.9 Å². The summed E-state index contributed by atoms with van der Waals surface area (Å²) < 4.78 is 1.73. The molecule has 0 fully saturated rings. The summed E-state index contributed by atoms with van der Waals surface area (Å²) in [5.41, 5.74) is 8.40. The van der Waals surface area contributed by atoms with Gasteiger partial charge in [-0.3, -0.25) is 14.2 Å². The number of carbonyl (C=O) groups is 1. The average molecular weight is 503 g/mol. The zero-order valence-corrected chi connectivity index (χ0v) is 21.4. The molecule has 0 aliphatic heterocycles. The summed E-state index contributed by atoms with van der Waals surface area (Å²) in [4.78, 5) is 33.5. The molecule has 2 N–H and O–H groups in total. The first-order valence-electron chi connectivity index (χ1n) is 12.1. The van der Waals surface area contributed by atoms with Gasteiger partial charge in [-0.15, -0.1) is 0 Å². The third-order valence-electron chi connectivity index (χ3n) is 6.46. The van der Waals surface area contributed by atoms with Crippen molar-refractivity contribution in [3.8, 4) is 0 Å². The van der Waals surface area contributed by atoms with E-state index < -0.39 is 0 Å². The number of hydrogen-bond acceptors (Lipinski definition) is 4. The van der Waals surface area contributed by atoms with Gasteiger partial charge in [-0.25, -0.2) is 4.98 Å². The normalized spacial score (nSPS) is 12.1. The molecule has 0 saturated heterocycles. The van der Waals surface area contributed by atoms with Gasteiger partial charge in [0.1, 0.15) is 5.82 Å². The van der Waals surface area contributed by atoms with Crippen molar-refractivity contribution in [2.24, 2.45) is 11.7 Å². The number of carbonyl (C=O) groups excluding carboxylic acids is 1. The molecule has 0 bridgehead atoms. The van der Waals surface area contributed by atoms with Crippen LogP contribution in [-0.4, -0.2) is 33.6 Å². The Morgan fingerprint density at radius 3 is 2.25 bits per heavy atom. The second-order valence-electron chi connectivity index (χ2n) is 9.32. The molecule has 0 spiro atoms. The fourth-order valence-corrected chi connectivity index (χ4v) is 4.57. The topological polar surface area (TPSA) is 81.2 Å². The predicted molar refractivity (Wildman–Crippen MR) is 145 cm³/mol. The minimum Gasteiger partial charge on any atom is -0.329 e. The highest BCUT2D eigenvalue weighted by molar-refractivity contribution is 6.31. The predicted octanol–water partition coefficient (Wildman–Crippen LogP) is 4.83. The molecule has 1 atom stereocenters. The summed E-state index contributed by atoms with van der Waals surface area (Å²) in [6.07, 6.45) is 0.264. The maximum Gasteiger partial charge on any atom is 0.261 e. The Kier molecular flexibility index (Phi) is 8.18. The molecule has 1 heterocycles. The number of rotatable bonds is 9. The van der Waals surface area contributed by atoms with E-state index in [4.69, 9.17) is 22.3 Å². The molecule has 0 radical (unpaired) electrons. The number of amides is 1. The van der Waals surface area contributed by atoms with Crippen LogP contribution in [-0.2, 0) is 17.8 Å². The van der Waals surface area contributed by atoms with Crippen LogP contribution in [0.3, 0.4) is 0 Å². The summed E-state index contributed by atoms with van der Waals surface area (Å²) in [5, 5.41) is 1.03. The highest BCUT2D eigenvalue weighted by Gasteiger charge is 2.27. The molecule has 0 saturated carbocycles. The molecule has 1 amide bonds. The number of nitrogens with two attached hydrogens (primary N) is 1. The number of aromatic nitrogens is 2. The lowest BCUT2D eigenvalue weighted by atomic mass is 9.93. The molecule has 1 aromatic heterocycles. The third-order valence-corrected chi connectivity index (χ3v) is 6.69. The fraction of sp³-hybridized carbons (Fsp3) is 0.276. The molecule has 6 nitrogen and oxygen atoms in total. The first-order chi connectivity index (χ1) is 17.4. The Balaban J connectivity index is 1.76. The van der Waals surface area contributed by atoms with E-state index in [0.717, 1.165) is 11.1 Å². The van der Waals surface area contributed by atoms with Crippen molar-refractivity contribution in [3.05, 3.63) is 111 Å². The molecular weight excluding hydrogens is 472 g/mol. The van der Waals surface area contributed by atoms with E-state index in [9.17, 15) is 9.59 Å². The average Bonchev–Trinajstić information content (AvgIpc) is 2.87. The molecule has 0 aliphatic rings. The largest absolute Gasteiger partial charge is 0.329 e. The van der Waals surface area contributed by atoms with Crippen molar-refractivity contribution in [1.29, 1.82) is 0 Å². The van der Waals surface area contributed by atoms with Crippen LogP contribution in [0.2, 0.25) is 5.02 Å². The lowest BCUT2D eigenvalue weighted by Crippen LogP contribution is -2.42. The summed E-state index contributed by atoms with van der Waals surface area (Å²) in [7, 11) is 0. The Bertz CT molecular complexity index is 1390. The quantitative estimate of drug-likeness (QED) is 0.332. The van der Waals surface area contributed by atoms with Gasteiger partial charge in [0.05, 0.1) is 30.5 Å². The zero-order chi connectivity index (χ0) is 25.7. The number of halogens is 1. The van der Waals surface area contributed by atoms with E-state index in [1.54, 1.807) is 27.7 Å². The standard InChI is InChI=1S/C29H31ClN4O2/c1-20(2)25(18-33(19-31)27(35)15-21-9-5-3-6-10-21)28-32-26-16-23(30)13-14-24(26)29(36)34(28)17-22-11-7-4-8-12-22/h3-14,16,20,25H,15,17-19,31H2,1-2H3. The molecule has 7 heteroatoms. The summed E-state index contributed by atoms with van der Waals surface area (Å²) in [6.45, 7) is 4.96. The van der Waals surface area contributed by atoms with Gasteiger partial charge in [-0.2, -0.15) is 0 Å². The van der Waals surface area contributed by atoms with Crippen molar-refractivity contribution in [1.82, 2.24) is 14.5 Å². The molecular formula is C29H31ClN4O2. The lowest BCUT2D eigenvalue weighted by Gasteiger charge is -2.30. The van der Waals surface area contributed by atoms with Crippen LogP contribution < -0.4 is 11.3 Å². The highest BCUT2D eigenvalue weighted by Crippen LogP contribution is 2.27. The van der Waals surface area contributed by atoms with Gasteiger partial charge >= 0.3 is 0 Å². The zero-order valence-electron chi connectivity index (χ0n) is 20.6. The van der Waals surface area contributed by atoms with Gasteiger partial charge in [-0.05, 0) is 35.2 Å².